The number of nitrogens with one attached hydrogen (secondary N) is 1. The van der Waals surface area contributed by atoms with Gasteiger partial charge in [0.15, 0.2) is 0 Å². The number of rotatable bonds is 4. The molecule has 0 aliphatic heterocycles. The number of hydrogen-bond acceptors (Lipinski definition) is 4. The second-order valence-corrected chi connectivity index (χ2v) is 5.26. The molecule has 104 valence electrons. The molecule has 1 heterocycles. The van der Waals surface area contributed by atoms with E-state index >= 15 is 0 Å². The summed E-state index contributed by atoms with van der Waals surface area (Å²) >= 11 is 3.46. The number of hydrogen-bond donors (Lipinski definition) is 1. The van der Waals surface area contributed by atoms with Crippen LogP contribution in [-0.4, -0.2) is 18.1 Å². The Morgan fingerprint density at radius 3 is 2.85 bits per heavy atom. The number of halogens is 1. The van der Waals surface area contributed by atoms with Crippen molar-refractivity contribution < 1.29 is 9.53 Å². The zero-order valence-corrected chi connectivity index (χ0v) is 12.8. The molecule has 1 unspecified atom stereocenters. The fourth-order valence-corrected chi connectivity index (χ4v) is 2.26. The number of aromatic nitrogens is 1. The second kappa shape index (κ2) is 6.52. The van der Waals surface area contributed by atoms with Gasteiger partial charge in [0.2, 0.25) is 0 Å². The zero-order valence-electron chi connectivity index (χ0n) is 11.3. The third kappa shape index (κ3) is 3.57. The van der Waals surface area contributed by atoms with Gasteiger partial charge in [-0.1, -0.05) is 28.1 Å². The maximum absolute atomic E-state index is 11.4. The van der Waals surface area contributed by atoms with Crippen LogP contribution in [0.5, 0.6) is 0 Å². The van der Waals surface area contributed by atoms with Crippen molar-refractivity contribution in [2.45, 2.75) is 13.0 Å². The number of methoxy groups -OCH3 is 1. The molecule has 1 aromatic heterocycles. The van der Waals surface area contributed by atoms with Gasteiger partial charge in [-0.05, 0) is 36.8 Å². The van der Waals surface area contributed by atoms with Gasteiger partial charge >= 0.3 is 5.97 Å². The number of ether oxygens (including phenoxy) is 1. The molecule has 20 heavy (non-hydrogen) atoms. The van der Waals surface area contributed by atoms with Crippen LogP contribution in [0.25, 0.3) is 0 Å². The zero-order chi connectivity index (χ0) is 14.5. The minimum Gasteiger partial charge on any atom is -0.464 e. The second-order valence-electron chi connectivity index (χ2n) is 4.34. The number of benzene rings is 1. The lowest BCUT2D eigenvalue weighted by molar-refractivity contribution is 0.0594. The van der Waals surface area contributed by atoms with Crippen LogP contribution in [-0.2, 0) is 4.74 Å². The Kier molecular flexibility index (Phi) is 4.74. The van der Waals surface area contributed by atoms with Crippen molar-refractivity contribution in [2.75, 3.05) is 12.4 Å². The first-order chi connectivity index (χ1) is 9.60. The lowest BCUT2D eigenvalue weighted by Gasteiger charge is -2.16. The molecule has 4 nitrogen and oxygen atoms in total. The van der Waals surface area contributed by atoms with E-state index in [2.05, 4.69) is 44.0 Å². The molecule has 0 saturated heterocycles. The highest BCUT2D eigenvalue weighted by Gasteiger charge is 2.10. The summed E-state index contributed by atoms with van der Waals surface area (Å²) in [5.41, 5.74) is 2.27. The largest absolute Gasteiger partial charge is 0.464 e. The van der Waals surface area contributed by atoms with Gasteiger partial charge in [-0.15, -0.1) is 0 Å². The molecule has 0 aliphatic rings. The summed E-state index contributed by atoms with van der Waals surface area (Å²) in [6.07, 6.45) is 1.59. The van der Waals surface area contributed by atoms with E-state index in [1.807, 2.05) is 24.3 Å². The number of anilines is 1. The molecule has 1 N–H and O–H groups in total. The van der Waals surface area contributed by atoms with Crippen molar-refractivity contribution in [3.63, 3.8) is 0 Å². The van der Waals surface area contributed by atoms with E-state index in [0.717, 1.165) is 15.7 Å². The molecule has 0 bridgehead atoms. The maximum Gasteiger partial charge on any atom is 0.356 e. The summed E-state index contributed by atoms with van der Waals surface area (Å²) in [5, 5.41) is 3.34. The Labute approximate surface area is 126 Å². The molecule has 0 amide bonds. The first-order valence-electron chi connectivity index (χ1n) is 6.16. The van der Waals surface area contributed by atoms with Gasteiger partial charge in [-0.25, -0.2) is 9.78 Å². The van der Waals surface area contributed by atoms with Crippen LogP contribution >= 0.6 is 15.9 Å². The van der Waals surface area contributed by atoms with Crippen LogP contribution in [0.15, 0.2) is 47.1 Å². The van der Waals surface area contributed by atoms with Crippen molar-refractivity contribution in [3.05, 3.63) is 58.3 Å². The van der Waals surface area contributed by atoms with Crippen molar-refractivity contribution in [1.29, 1.82) is 0 Å². The van der Waals surface area contributed by atoms with Crippen molar-refractivity contribution >= 4 is 27.6 Å². The van der Waals surface area contributed by atoms with Gasteiger partial charge in [0.1, 0.15) is 5.69 Å². The van der Waals surface area contributed by atoms with Crippen LogP contribution in [0, 0.1) is 0 Å². The highest BCUT2D eigenvalue weighted by atomic mass is 79.9. The summed E-state index contributed by atoms with van der Waals surface area (Å²) in [6.45, 7) is 2.06. The minimum absolute atomic E-state index is 0.111. The van der Waals surface area contributed by atoms with Gasteiger partial charge in [-0.2, -0.15) is 0 Å². The lowest BCUT2D eigenvalue weighted by atomic mass is 10.1. The summed E-state index contributed by atoms with van der Waals surface area (Å²) in [7, 11) is 1.34. The van der Waals surface area contributed by atoms with Gasteiger partial charge < -0.3 is 10.1 Å². The predicted octanol–water partition coefficient (Wildman–Crippen LogP) is 3.80. The van der Waals surface area contributed by atoms with E-state index in [4.69, 9.17) is 0 Å². The van der Waals surface area contributed by atoms with Crippen molar-refractivity contribution in [3.8, 4) is 0 Å². The quantitative estimate of drug-likeness (QED) is 0.864. The number of nitrogens with zero attached hydrogens (tertiary/aromatic N) is 1. The summed E-state index contributed by atoms with van der Waals surface area (Å²) < 4.78 is 5.70. The Bertz CT molecular complexity index is 616. The van der Waals surface area contributed by atoms with E-state index in [1.165, 1.54) is 7.11 Å². The molecule has 0 aliphatic carbocycles. The van der Waals surface area contributed by atoms with E-state index < -0.39 is 5.97 Å². The Hall–Kier alpha value is -1.88. The molecule has 0 radical (unpaired) electrons. The van der Waals surface area contributed by atoms with Gasteiger partial charge in [0, 0.05) is 22.4 Å². The standard InChI is InChI=1S/C15H15BrN2O2/c1-10(11-4-3-5-12(16)8-11)18-13-6-7-17-14(9-13)15(19)20-2/h3-10H,1-2H3,(H,17,18). The summed E-state index contributed by atoms with van der Waals surface area (Å²) in [4.78, 5) is 15.4. The number of carbonyl (C=O) groups excluding carboxylic acids is 1. The highest BCUT2D eigenvalue weighted by Crippen LogP contribution is 2.22. The third-order valence-corrected chi connectivity index (χ3v) is 3.38. The van der Waals surface area contributed by atoms with Gasteiger partial charge in [0.25, 0.3) is 0 Å². The first-order valence-corrected chi connectivity index (χ1v) is 6.96. The molecule has 0 saturated carbocycles. The monoisotopic (exact) mass is 334 g/mol. The highest BCUT2D eigenvalue weighted by molar-refractivity contribution is 9.10. The molecule has 1 atom stereocenters. The molecular weight excluding hydrogens is 320 g/mol. The SMILES string of the molecule is COC(=O)c1cc(NC(C)c2cccc(Br)c2)ccn1. The van der Waals surface area contributed by atoms with E-state index in [0.29, 0.717) is 5.69 Å². The molecule has 2 aromatic rings. The first kappa shape index (κ1) is 14.5. The van der Waals surface area contributed by atoms with Crippen LogP contribution in [0.4, 0.5) is 5.69 Å². The van der Waals surface area contributed by atoms with Crippen molar-refractivity contribution in [1.82, 2.24) is 4.98 Å². The van der Waals surface area contributed by atoms with Crippen LogP contribution in [0.1, 0.15) is 29.0 Å². The minimum atomic E-state index is -0.441. The lowest BCUT2D eigenvalue weighted by Crippen LogP contribution is -2.09. The Balaban J connectivity index is 2.15. The normalized spacial score (nSPS) is 11.8. The van der Waals surface area contributed by atoms with Gasteiger partial charge in [0.05, 0.1) is 7.11 Å². The average Bonchev–Trinajstić information content (AvgIpc) is 2.46. The van der Waals surface area contributed by atoms with E-state index in [1.54, 1.807) is 12.3 Å². The molecule has 1 aromatic carbocycles. The third-order valence-electron chi connectivity index (χ3n) is 2.89. The molecule has 0 fully saturated rings. The molecular formula is C15H15BrN2O2. The van der Waals surface area contributed by atoms with Gasteiger partial charge in [-0.3, -0.25) is 0 Å². The van der Waals surface area contributed by atoms with Crippen LogP contribution in [0.2, 0.25) is 0 Å². The number of esters is 1. The number of pyridine rings is 1. The molecule has 0 spiro atoms. The fraction of sp³-hybridized carbons (Fsp3) is 0.200. The van der Waals surface area contributed by atoms with Crippen molar-refractivity contribution in [2.24, 2.45) is 0 Å². The predicted molar refractivity (Wildman–Crippen MR) is 81.8 cm³/mol. The molecule has 5 heteroatoms. The Morgan fingerprint density at radius 1 is 1.35 bits per heavy atom. The topological polar surface area (TPSA) is 51.2 Å². The fourth-order valence-electron chi connectivity index (χ4n) is 1.85. The molecule has 2 rings (SSSR count). The van der Waals surface area contributed by atoms with E-state index in [-0.39, 0.29) is 6.04 Å². The average molecular weight is 335 g/mol. The smallest absolute Gasteiger partial charge is 0.356 e. The Morgan fingerprint density at radius 2 is 2.15 bits per heavy atom. The maximum atomic E-state index is 11.4. The van der Waals surface area contributed by atoms with Crippen LogP contribution in [0.3, 0.4) is 0 Å². The summed E-state index contributed by atoms with van der Waals surface area (Å²) in [6, 6.07) is 11.7. The summed E-state index contributed by atoms with van der Waals surface area (Å²) in [5.74, 6) is -0.441. The number of carbonyl (C=O) groups is 1. The van der Waals surface area contributed by atoms with Crippen LogP contribution < -0.4 is 5.32 Å². The van der Waals surface area contributed by atoms with E-state index in [9.17, 15) is 4.79 Å².